The van der Waals surface area contributed by atoms with Crippen LogP contribution < -0.4 is 5.32 Å². The van der Waals surface area contributed by atoms with Crippen LogP contribution in [0.25, 0.3) is 0 Å². The van der Waals surface area contributed by atoms with Crippen molar-refractivity contribution in [2.45, 2.75) is 13.0 Å². The van der Waals surface area contributed by atoms with E-state index in [2.05, 4.69) is 21.2 Å². The Morgan fingerprint density at radius 1 is 1.67 bits per heavy atom. The van der Waals surface area contributed by atoms with Gasteiger partial charge in [0.25, 0.3) is 5.91 Å². The first-order valence-electron chi connectivity index (χ1n) is 4.41. The summed E-state index contributed by atoms with van der Waals surface area (Å²) in [5.41, 5.74) is 0.506. The number of benzene rings is 1. The van der Waals surface area contributed by atoms with Crippen LogP contribution >= 0.6 is 27.5 Å². The fourth-order valence-corrected chi connectivity index (χ4v) is 1.49. The van der Waals surface area contributed by atoms with Crippen LogP contribution in [-0.4, -0.2) is 23.7 Å². The number of rotatable bonds is 3. The number of carbonyl (C=O) groups excluding carboxylic acids is 1. The average Bonchev–Trinajstić information content (AvgIpc) is 2.21. The molecular weight excluding hydrogens is 281 g/mol. The Morgan fingerprint density at radius 2 is 2.33 bits per heavy atom. The molecule has 0 saturated carbocycles. The van der Waals surface area contributed by atoms with Gasteiger partial charge < -0.3 is 10.4 Å². The van der Waals surface area contributed by atoms with Crippen molar-refractivity contribution < 1.29 is 9.90 Å². The van der Waals surface area contributed by atoms with Crippen molar-refractivity contribution in [2.75, 3.05) is 6.61 Å². The van der Waals surface area contributed by atoms with Crippen molar-refractivity contribution in [1.29, 1.82) is 0 Å². The lowest BCUT2D eigenvalue weighted by Crippen LogP contribution is -2.34. The summed E-state index contributed by atoms with van der Waals surface area (Å²) in [6.07, 6.45) is 0. The molecule has 0 aliphatic heterocycles. The number of aliphatic hydroxyl groups excluding tert-OH is 1. The number of aliphatic hydroxyl groups is 1. The molecule has 1 rings (SSSR count). The minimum absolute atomic E-state index is 0.0828. The summed E-state index contributed by atoms with van der Waals surface area (Å²) in [6, 6.07) is 4.66. The van der Waals surface area contributed by atoms with Gasteiger partial charge in [0.05, 0.1) is 11.6 Å². The third-order valence-electron chi connectivity index (χ3n) is 1.83. The van der Waals surface area contributed by atoms with E-state index in [4.69, 9.17) is 16.7 Å². The van der Waals surface area contributed by atoms with Crippen molar-refractivity contribution in [3.05, 3.63) is 33.3 Å². The van der Waals surface area contributed by atoms with Gasteiger partial charge >= 0.3 is 0 Å². The highest BCUT2D eigenvalue weighted by molar-refractivity contribution is 9.10. The van der Waals surface area contributed by atoms with Gasteiger partial charge in [0, 0.05) is 16.1 Å². The van der Waals surface area contributed by atoms with E-state index in [-0.39, 0.29) is 18.6 Å². The van der Waals surface area contributed by atoms with Crippen molar-refractivity contribution in [3.63, 3.8) is 0 Å². The summed E-state index contributed by atoms with van der Waals surface area (Å²) in [4.78, 5) is 11.6. The second-order valence-electron chi connectivity index (χ2n) is 3.19. The van der Waals surface area contributed by atoms with Gasteiger partial charge in [-0.25, -0.2) is 0 Å². The lowest BCUT2D eigenvalue weighted by atomic mass is 10.2. The molecule has 1 aromatic rings. The second kappa shape index (κ2) is 5.49. The highest BCUT2D eigenvalue weighted by atomic mass is 79.9. The van der Waals surface area contributed by atoms with Gasteiger partial charge in [0.2, 0.25) is 0 Å². The fourth-order valence-electron chi connectivity index (χ4n) is 0.990. The largest absolute Gasteiger partial charge is 0.394 e. The predicted molar refractivity (Wildman–Crippen MR) is 63.2 cm³/mol. The van der Waals surface area contributed by atoms with E-state index in [1.54, 1.807) is 25.1 Å². The van der Waals surface area contributed by atoms with E-state index in [1.807, 2.05) is 0 Å². The Hall–Kier alpha value is -0.580. The highest BCUT2D eigenvalue weighted by Crippen LogP contribution is 2.23. The standard InChI is InChI=1S/C10H11BrClNO2/c1-6(5-14)13-10(15)7-2-3-9(12)8(11)4-7/h2-4,6,14H,5H2,1H3,(H,13,15)/t6-/m0/s1. The van der Waals surface area contributed by atoms with Crippen LogP contribution in [0.3, 0.4) is 0 Å². The monoisotopic (exact) mass is 291 g/mol. The maximum Gasteiger partial charge on any atom is 0.251 e. The number of carbonyl (C=O) groups is 1. The molecular formula is C10H11BrClNO2. The molecule has 0 aromatic heterocycles. The number of nitrogens with one attached hydrogen (secondary N) is 1. The summed E-state index contributed by atoms with van der Waals surface area (Å²) in [5, 5.41) is 12.0. The molecule has 0 heterocycles. The van der Waals surface area contributed by atoms with Gasteiger partial charge in [-0.3, -0.25) is 4.79 Å². The Labute approximate surface area is 102 Å². The van der Waals surface area contributed by atoms with Gasteiger partial charge in [-0.05, 0) is 41.1 Å². The zero-order valence-corrected chi connectivity index (χ0v) is 10.5. The zero-order valence-electron chi connectivity index (χ0n) is 8.13. The van der Waals surface area contributed by atoms with E-state index in [1.165, 1.54) is 0 Å². The lowest BCUT2D eigenvalue weighted by Gasteiger charge is -2.10. The molecule has 3 nitrogen and oxygen atoms in total. The van der Waals surface area contributed by atoms with Gasteiger partial charge in [-0.15, -0.1) is 0 Å². The van der Waals surface area contributed by atoms with Crippen molar-refractivity contribution >= 4 is 33.4 Å². The smallest absolute Gasteiger partial charge is 0.251 e. The molecule has 0 spiro atoms. The van der Waals surface area contributed by atoms with Crippen molar-refractivity contribution in [2.24, 2.45) is 0 Å². The summed E-state index contributed by atoms with van der Waals surface area (Å²) in [5.74, 6) is -0.228. The molecule has 5 heteroatoms. The minimum atomic E-state index is -0.257. The van der Waals surface area contributed by atoms with Crippen LogP contribution in [0.5, 0.6) is 0 Å². The number of hydrogen-bond donors (Lipinski definition) is 2. The van der Waals surface area contributed by atoms with Crippen LogP contribution in [-0.2, 0) is 0 Å². The molecule has 1 atom stereocenters. The van der Waals surface area contributed by atoms with Crippen LogP contribution in [0.15, 0.2) is 22.7 Å². The lowest BCUT2D eigenvalue weighted by molar-refractivity contribution is 0.0922. The quantitative estimate of drug-likeness (QED) is 0.897. The van der Waals surface area contributed by atoms with Gasteiger partial charge in [0.1, 0.15) is 0 Å². The minimum Gasteiger partial charge on any atom is -0.394 e. The molecule has 0 unspecified atom stereocenters. The maximum atomic E-state index is 11.6. The first-order valence-corrected chi connectivity index (χ1v) is 5.58. The molecule has 15 heavy (non-hydrogen) atoms. The molecule has 0 aliphatic rings. The first kappa shape index (κ1) is 12.5. The fraction of sp³-hybridized carbons (Fsp3) is 0.300. The van der Waals surface area contributed by atoms with Crippen LogP contribution in [0.2, 0.25) is 5.02 Å². The Kier molecular flexibility index (Phi) is 4.57. The van der Waals surface area contributed by atoms with Crippen LogP contribution in [0, 0.1) is 0 Å². The highest BCUT2D eigenvalue weighted by Gasteiger charge is 2.10. The number of hydrogen-bond acceptors (Lipinski definition) is 2. The molecule has 0 fully saturated rings. The van der Waals surface area contributed by atoms with E-state index < -0.39 is 0 Å². The number of halogens is 2. The Bertz CT molecular complexity index is 370. The second-order valence-corrected chi connectivity index (χ2v) is 4.45. The SMILES string of the molecule is C[C@@H](CO)NC(=O)c1ccc(Cl)c(Br)c1. The topological polar surface area (TPSA) is 49.3 Å². The Morgan fingerprint density at radius 3 is 2.87 bits per heavy atom. The molecule has 0 saturated heterocycles. The van der Waals surface area contributed by atoms with E-state index >= 15 is 0 Å². The molecule has 2 N–H and O–H groups in total. The van der Waals surface area contributed by atoms with Gasteiger partial charge in [-0.1, -0.05) is 11.6 Å². The molecule has 0 aliphatic carbocycles. The molecule has 1 amide bonds. The maximum absolute atomic E-state index is 11.6. The summed E-state index contributed by atoms with van der Waals surface area (Å²) >= 11 is 9.04. The van der Waals surface area contributed by atoms with E-state index in [0.717, 1.165) is 0 Å². The zero-order chi connectivity index (χ0) is 11.4. The third kappa shape index (κ3) is 3.48. The van der Waals surface area contributed by atoms with Crippen LogP contribution in [0.4, 0.5) is 0 Å². The molecule has 82 valence electrons. The van der Waals surface area contributed by atoms with Crippen LogP contribution in [0.1, 0.15) is 17.3 Å². The number of amides is 1. The van der Waals surface area contributed by atoms with E-state index in [9.17, 15) is 4.79 Å². The summed E-state index contributed by atoms with van der Waals surface area (Å²) < 4.78 is 0.675. The third-order valence-corrected chi connectivity index (χ3v) is 3.05. The van der Waals surface area contributed by atoms with Gasteiger partial charge in [-0.2, -0.15) is 0 Å². The summed E-state index contributed by atoms with van der Waals surface area (Å²) in [7, 11) is 0. The van der Waals surface area contributed by atoms with Gasteiger partial charge in [0.15, 0.2) is 0 Å². The Balaban J connectivity index is 2.78. The van der Waals surface area contributed by atoms with Crippen molar-refractivity contribution in [3.8, 4) is 0 Å². The average molecular weight is 293 g/mol. The predicted octanol–water partition coefficient (Wildman–Crippen LogP) is 2.21. The molecule has 0 radical (unpaired) electrons. The molecule has 0 bridgehead atoms. The van der Waals surface area contributed by atoms with Crippen molar-refractivity contribution in [1.82, 2.24) is 5.32 Å². The van der Waals surface area contributed by atoms with E-state index in [0.29, 0.717) is 15.1 Å². The summed E-state index contributed by atoms with van der Waals surface area (Å²) in [6.45, 7) is 1.64. The molecule has 1 aromatic carbocycles. The normalized spacial score (nSPS) is 12.3. The first-order chi connectivity index (χ1) is 7.04.